The van der Waals surface area contributed by atoms with E-state index in [9.17, 15) is 4.79 Å². The van der Waals surface area contributed by atoms with E-state index in [0.29, 0.717) is 31.5 Å². The molecule has 5 nitrogen and oxygen atoms in total. The van der Waals surface area contributed by atoms with Crippen molar-refractivity contribution in [3.8, 4) is 0 Å². The van der Waals surface area contributed by atoms with E-state index in [-0.39, 0.29) is 12.3 Å². The molecule has 5 heteroatoms. The zero-order valence-electron chi connectivity index (χ0n) is 18.1. The SMILES string of the molecule is O=C(CC1CCc2ccccc21)N1CCN(C2COC(Cc3ccccc3)CO2)CC1. The summed E-state index contributed by atoms with van der Waals surface area (Å²) in [5, 5.41) is 0. The Balaban J connectivity index is 1.06. The van der Waals surface area contributed by atoms with Crippen LogP contribution in [0, 0.1) is 0 Å². The van der Waals surface area contributed by atoms with Gasteiger partial charge in [-0.15, -0.1) is 0 Å². The van der Waals surface area contributed by atoms with E-state index in [1.807, 2.05) is 11.0 Å². The van der Waals surface area contributed by atoms with Crippen molar-refractivity contribution in [2.24, 2.45) is 0 Å². The van der Waals surface area contributed by atoms with Gasteiger partial charge in [0.15, 0.2) is 0 Å². The maximum Gasteiger partial charge on any atom is 0.223 e. The molecule has 0 bridgehead atoms. The van der Waals surface area contributed by atoms with Crippen molar-refractivity contribution in [1.29, 1.82) is 0 Å². The van der Waals surface area contributed by atoms with Crippen molar-refractivity contribution in [1.82, 2.24) is 9.80 Å². The maximum absolute atomic E-state index is 12.9. The minimum atomic E-state index is 0.00554. The second-order valence-corrected chi connectivity index (χ2v) is 8.99. The molecule has 3 unspecified atom stereocenters. The Morgan fingerprint density at radius 3 is 2.45 bits per heavy atom. The number of benzene rings is 2. The van der Waals surface area contributed by atoms with Crippen LogP contribution >= 0.6 is 0 Å². The Labute approximate surface area is 184 Å². The number of amides is 1. The molecule has 3 aliphatic rings. The van der Waals surface area contributed by atoms with Crippen LogP contribution in [0.5, 0.6) is 0 Å². The van der Waals surface area contributed by atoms with Crippen molar-refractivity contribution >= 4 is 5.91 Å². The Kier molecular flexibility index (Phi) is 6.35. The van der Waals surface area contributed by atoms with Crippen LogP contribution < -0.4 is 0 Å². The van der Waals surface area contributed by atoms with Crippen molar-refractivity contribution in [3.05, 3.63) is 71.3 Å². The number of ether oxygens (including phenoxy) is 2. The summed E-state index contributed by atoms with van der Waals surface area (Å²) in [5.74, 6) is 0.684. The lowest BCUT2D eigenvalue weighted by Gasteiger charge is -2.41. The second-order valence-electron chi connectivity index (χ2n) is 8.99. The quantitative estimate of drug-likeness (QED) is 0.745. The first-order chi connectivity index (χ1) is 15.3. The van der Waals surface area contributed by atoms with Crippen LogP contribution in [0.1, 0.15) is 35.4 Å². The van der Waals surface area contributed by atoms with Crippen molar-refractivity contribution in [3.63, 3.8) is 0 Å². The van der Waals surface area contributed by atoms with Crippen LogP contribution in [0.25, 0.3) is 0 Å². The number of carbonyl (C=O) groups excluding carboxylic acids is 1. The molecule has 2 saturated heterocycles. The molecule has 0 N–H and O–H groups in total. The van der Waals surface area contributed by atoms with Crippen LogP contribution in [0.3, 0.4) is 0 Å². The van der Waals surface area contributed by atoms with Gasteiger partial charge in [0.25, 0.3) is 0 Å². The van der Waals surface area contributed by atoms with E-state index in [4.69, 9.17) is 9.47 Å². The summed E-state index contributed by atoms with van der Waals surface area (Å²) in [4.78, 5) is 17.3. The molecular weight excluding hydrogens is 388 g/mol. The lowest BCUT2D eigenvalue weighted by atomic mass is 9.97. The molecule has 1 amide bonds. The predicted molar refractivity (Wildman–Crippen MR) is 120 cm³/mol. The lowest BCUT2D eigenvalue weighted by Crippen LogP contribution is -2.56. The van der Waals surface area contributed by atoms with Crippen molar-refractivity contribution in [2.45, 2.75) is 43.9 Å². The molecule has 164 valence electrons. The van der Waals surface area contributed by atoms with Gasteiger partial charge in [-0.3, -0.25) is 9.69 Å². The third-order valence-electron chi connectivity index (χ3n) is 7.01. The van der Waals surface area contributed by atoms with Crippen LogP contribution in [0.2, 0.25) is 0 Å². The average molecular weight is 421 g/mol. The number of carbonyl (C=O) groups is 1. The number of rotatable bonds is 5. The number of aryl methyl sites for hydroxylation is 1. The van der Waals surface area contributed by atoms with Gasteiger partial charge < -0.3 is 14.4 Å². The average Bonchev–Trinajstić information content (AvgIpc) is 3.23. The lowest BCUT2D eigenvalue weighted by molar-refractivity contribution is -0.190. The Morgan fingerprint density at radius 1 is 0.903 bits per heavy atom. The predicted octanol–water partition coefficient (Wildman–Crippen LogP) is 3.23. The minimum Gasteiger partial charge on any atom is -0.371 e. The van der Waals surface area contributed by atoms with Gasteiger partial charge in [-0.05, 0) is 35.4 Å². The highest BCUT2D eigenvalue weighted by molar-refractivity contribution is 5.77. The van der Waals surface area contributed by atoms with Gasteiger partial charge in [-0.2, -0.15) is 0 Å². The summed E-state index contributed by atoms with van der Waals surface area (Å²) in [6.45, 7) is 4.49. The highest BCUT2D eigenvalue weighted by Crippen LogP contribution is 2.35. The maximum atomic E-state index is 12.9. The van der Waals surface area contributed by atoms with Crippen LogP contribution in [0.15, 0.2) is 54.6 Å². The largest absolute Gasteiger partial charge is 0.371 e. The zero-order valence-corrected chi connectivity index (χ0v) is 18.1. The number of nitrogens with zero attached hydrogens (tertiary/aromatic N) is 2. The molecular formula is C26H32N2O3. The first-order valence-corrected chi connectivity index (χ1v) is 11.6. The molecule has 3 atom stereocenters. The molecule has 1 aliphatic carbocycles. The van der Waals surface area contributed by atoms with E-state index < -0.39 is 0 Å². The Morgan fingerprint density at radius 2 is 1.68 bits per heavy atom. The van der Waals surface area contributed by atoms with Crippen LogP contribution in [-0.4, -0.2) is 67.4 Å². The fourth-order valence-electron chi connectivity index (χ4n) is 5.20. The summed E-state index contributed by atoms with van der Waals surface area (Å²) in [6.07, 6.45) is 3.86. The molecule has 5 rings (SSSR count). The fourth-order valence-corrected chi connectivity index (χ4v) is 5.20. The second kappa shape index (κ2) is 9.51. The summed E-state index contributed by atoms with van der Waals surface area (Å²) in [7, 11) is 0. The Hall–Kier alpha value is -2.21. The standard InChI is InChI=1S/C26H32N2O3/c29-25(17-22-11-10-21-8-4-5-9-24(21)22)27-12-14-28(15-13-27)26-19-30-23(18-31-26)16-20-6-2-1-3-7-20/h1-9,22-23,26H,10-19H2. The van der Waals surface area contributed by atoms with Crippen LogP contribution in [-0.2, 0) is 27.1 Å². The van der Waals surface area contributed by atoms with Gasteiger partial charge >= 0.3 is 0 Å². The van der Waals surface area contributed by atoms with Gasteiger partial charge in [0.05, 0.1) is 19.3 Å². The van der Waals surface area contributed by atoms with E-state index in [1.54, 1.807) is 0 Å². The molecule has 2 aromatic carbocycles. The number of hydrogen-bond acceptors (Lipinski definition) is 4. The van der Waals surface area contributed by atoms with E-state index >= 15 is 0 Å². The number of fused-ring (bicyclic) bond motifs is 1. The van der Waals surface area contributed by atoms with E-state index in [2.05, 4.69) is 53.4 Å². The van der Waals surface area contributed by atoms with Gasteiger partial charge in [0.2, 0.25) is 5.91 Å². The first-order valence-electron chi connectivity index (χ1n) is 11.6. The van der Waals surface area contributed by atoms with E-state index in [0.717, 1.165) is 45.4 Å². The van der Waals surface area contributed by atoms with Crippen LogP contribution in [0.4, 0.5) is 0 Å². The van der Waals surface area contributed by atoms with Gasteiger partial charge in [-0.25, -0.2) is 0 Å². The highest BCUT2D eigenvalue weighted by Gasteiger charge is 2.32. The Bertz CT molecular complexity index is 871. The molecule has 2 aliphatic heterocycles. The molecule has 2 heterocycles. The molecule has 2 aromatic rings. The summed E-state index contributed by atoms with van der Waals surface area (Å²) < 4.78 is 12.2. The molecule has 2 fully saturated rings. The zero-order chi connectivity index (χ0) is 21.0. The third kappa shape index (κ3) is 4.84. The summed E-state index contributed by atoms with van der Waals surface area (Å²) in [6, 6.07) is 19.0. The molecule has 0 aromatic heterocycles. The molecule has 0 saturated carbocycles. The first kappa shape index (κ1) is 20.7. The number of piperazine rings is 1. The molecule has 0 spiro atoms. The summed E-state index contributed by atoms with van der Waals surface area (Å²) >= 11 is 0. The normalized spacial score (nSPS) is 26.6. The van der Waals surface area contributed by atoms with E-state index in [1.165, 1.54) is 16.7 Å². The fraction of sp³-hybridized carbons (Fsp3) is 0.500. The topological polar surface area (TPSA) is 42.0 Å². The molecule has 0 radical (unpaired) electrons. The smallest absolute Gasteiger partial charge is 0.223 e. The van der Waals surface area contributed by atoms with Gasteiger partial charge in [-0.1, -0.05) is 54.6 Å². The molecule has 31 heavy (non-hydrogen) atoms. The van der Waals surface area contributed by atoms with Crippen molar-refractivity contribution in [2.75, 3.05) is 39.4 Å². The monoisotopic (exact) mass is 420 g/mol. The minimum absolute atomic E-state index is 0.00554. The summed E-state index contributed by atoms with van der Waals surface area (Å²) in [5.41, 5.74) is 4.09. The van der Waals surface area contributed by atoms with Gasteiger partial charge in [0, 0.05) is 39.0 Å². The van der Waals surface area contributed by atoms with Crippen molar-refractivity contribution < 1.29 is 14.3 Å². The third-order valence-corrected chi connectivity index (χ3v) is 7.01. The van der Waals surface area contributed by atoms with Gasteiger partial charge in [0.1, 0.15) is 6.23 Å². The number of hydrogen-bond donors (Lipinski definition) is 0. The highest BCUT2D eigenvalue weighted by atomic mass is 16.6.